The van der Waals surface area contributed by atoms with Crippen LogP contribution in [0.2, 0.25) is 0 Å². The number of hydrogen-bond acceptors (Lipinski definition) is 3. The fourth-order valence-electron chi connectivity index (χ4n) is 2.52. The Bertz CT molecular complexity index is 404. The molecule has 0 saturated carbocycles. The molecule has 0 aliphatic carbocycles. The molecule has 0 saturated heterocycles. The van der Waals surface area contributed by atoms with Crippen molar-refractivity contribution in [2.24, 2.45) is 0 Å². The molecule has 0 amide bonds. The second kappa shape index (κ2) is 12.2. The maximum absolute atomic E-state index is 10.6. The van der Waals surface area contributed by atoms with Gasteiger partial charge in [-0.1, -0.05) is 51.2 Å². The number of nitro benzene ring substituents is 1. The van der Waals surface area contributed by atoms with Gasteiger partial charge in [0.05, 0.1) is 4.92 Å². The molecule has 0 radical (unpaired) electrons. The molecule has 1 aromatic carbocycles. The van der Waals surface area contributed by atoms with E-state index in [9.17, 15) is 10.1 Å². The Labute approximate surface area is 134 Å². The second-order valence-corrected chi connectivity index (χ2v) is 5.90. The van der Waals surface area contributed by atoms with Gasteiger partial charge in [0.15, 0.2) is 0 Å². The Hall–Kier alpha value is -1.42. The molecule has 1 aromatic rings. The minimum Gasteiger partial charge on any atom is -0.317 e. The van der Waals surface area contributed by atoms with Crippen LogP contribution in [0.15, 0.2) is 24.3 Å². The molecular formula is C18H30N2O2. The van der Waals surface area contributed by atoms with Gasteiger partial charge in [0.1, 0.15) is 0 Å². The number of aryl methyl sites for hydroxylation is 1. The van der Waals surface area contributed by atoms with Gasteiger partial charge in [-0.25, -0.2) is 0 Å². The SMILES string of the molecule is CCCCCCCCNCCCCc1ccc([N+](=O)[O-])cc1. The van der Waals surface area contributed by atoms with Gasteiger partial charge in [-0.3, -0.25) is 10.1 Å². The summed E-state index contributed by atoms with van der Waals surface area (Å²) >= 11 is 0. The van der Waals surface area contributed by atoms with Gasteiger partial charge in [0, 0.05) is 12.1 Å². The summed E-state index contributed by atoms with van der Waals surface area (Å²) in [5.41, 5.74) is 1.35. The van der Waals surface area contributed by atoms with Crippen molar-refractivity contribution in [1.82, 2.24) is 5.32 Å². The number of nitrogens with one attached hydrogen (secondary N) is 1. The first-order valence-electron chi connectivity index (χ1n) is 8.68. The third kappa shape index (κ3) is 8.78. The van der Waals surface area contributed by atoms with Crippen LogP contribution >= 0.6 is 0 Å². The fraction of sp³-hybridized carbons (Fsp3) is 0.667. The number of nitro groups is 1. The van der Waals surface area contributed by atoms with Crippen molar-refractivity contribution in [3.05, 3.63) is 39.9 Å². The van der Waals surface area contributed by atoms with Gasteiger partial charge < -0.3 is 5.32 Å². The third-order valence-electron chi connectivity index (χ3n) is 3.92. The molecule has 4 nitrogen and oxygen atoms in total. The summed E-state index contributed by atoms with van der Waals surface area (Å²) in [7, 11) is 0. The summed E-state index contributed by atoms with van der Waals surface area (Å²) in [5.74, 6) is 0. The quantitative estimate of drug-likeness (QED) is 0.321. The van der Waals surface area contributed by atoms with Crippen LogP contribution in [0.4, 0.5) is 5.69 Å². The van der Waals surface area contributed by atoms with Crippen LogP contribution in [0.25, 0.3) is 0 Å². The smallest absolute Gasteiger partial charge is 0.269 e. The minimum absolute atomic E-state index is 0.171. The number of rotatable bonds is 13. The van der Waals surface area contributed by atoms with E-state index in [0.29, 0.717) is 0 Å². The van der Waals surface area contributed by atoms with Crippen LogP contribution in [-0.2, 0) is 6.42 Å². The van der Waals surface area contributed by atoms with Crippen LogP contribution < -0.4 is 5.32 Å². The number of nitrogens with zero attached hydrogens (tertiary/aromatic N) is 1. The average molecular weight is 306 g/mol. The van der Waals surface area contributed by atoms with Crippen LogP contribution in [0, 0.1) is 10.1 Å². The summed E-state index contributed by atoms with van der Waals surface area (Å²) in [6.07, 6.45) is 11.3. The van der Waals surface area contributed by atoms with Crippen molar-refractivity contribution >= 4 is 5.69 Å². The van der Waals surface area contributed by atoms with E-state index in [1.54, 1.807) is 12.1 Å². The zero-order valence-electron chi connectivity index (χ0n) is 13.9. The van der Waals surface area contributed by atoms with Crippen molar-refractivity contribution in [2.75, 3.05) is 13.1 Å². The molecule has 1 N–H and O–H groups in total. The fourth-order valence-corrected chi connectivity index (χ4v) is 2.52. The summed E-state index contributed by atoms with van der Waals surface area (Å²) in [6, 6.07) is 6.90. The van der Waals surface area contributed by atoms with Crippen LogP contribution in [-0.4, -0.2) is 18.0 Å². The maximum Gasteiger partial charge on any atom is 0.269 e. The molecule has 0 aliphatic rings. The van der Waals surface area contributed by atoms with Crippen molar-refractivity contribution in [1.29, 1.82) is 0 Å². The predicted octanol–water partition coefficient (Wildman–Crippen LogP) is 4.87. The van der Waals surface area contributed by atoms with E-state index in [4.69, 9.17) is 0 Å². The highest BCUT2D eigenvalue weighted by Gasteiger charge is 2.03. The molecule has 0 heterocycles. The molecule has 0 unspecified atom stereocenters. The van der Waals surface area contributed by atoms with E-state index < -0.39 is 0 Å². The van der Waals surface area contributed by atoms with Crippen LogP contribution in [0.1, 0.15) is 63.9 Å². The summed E-state index contributed by atoms with van der Waals surface area (Å²) in [5, 5.41) is 14.1. The Kier molecular flexibility index (Phi) is 10.3. The lowest BCUT2D eigenvalue weighted by atomic mass is 10.1. The number of hydrogen-bond donors (Lipinski definition) is 1. The van der Waals surface area contributed by atoms with E-state index in [1.165, 1.54) is 44.1 Å². The van der Waals surface area contributed by atoms with Crippen LogP contribution in [0.5, 0.6) is 0 Å². The van der Waals surface area contributed by atoms with Gasteiger partial charge >= 0.3 is 0 Å². The molecule has 0 spiro atoms. The zero-order chi connectivity index (χ0) is 16.0. The van der Waals surface area contributed by atoms with Gasteiger partial charge in [0.25, 0.3) is 5.69 Å². The van der Waals surface area contributed by atoms with Gasteiger partial charge in [-0.15, -0.1) is 0 Å². The summed E-state index contributed by atoms with van der Waals surface area (Å²) in [4.78, 5) is 10.2. The summed E-state index contributed by atoms with van der Waals surface area (Å²) < 4.78 is 0. The zero-order valence-corrected chi connectivity index (χ0v) is 13.9. The van der Waals surface area contributed by atoms with Gasteiger partial charge in [0.2, 0.25) is 0 Å². The molecule has 0 atom stereocenters. The molecule has 0 bridgehead atoms. The lowest BCUT2D eigenvalue weighted by Crippen LogP contribution is -2.16. The third-order valence-corrected chi connectivity index (χ3v) is 3.92. The molecule has 22 heavy (non-hydrogen) atoms. The topological polar surface area (TPSA) is 55.2 Å². The van der Waals surface area contributed by atoms with Crippen molar-refractivity contribution in [3.63, 3.8) is 0 Å². The highest BCUT2D eigenvalue weighted by atomic mass is 16.6. The molecule has 124 valence electrons. The van der Waals surface area contributed by atoms with Crippen molar-refractivity contribution in [2.45, 2.75) is 64.7 Å². The lowest BCUT2D eigenvalue weighted by molar-refractivity contribution is -0.384. The molecule has 1 rings (SSSR count). The van der Waals surface area contributed by atoms with Crippen molar-refractivity contribution in [3.8, 4) is 0 Å². The molecule has 0 fully saturated rings. The van der Waals surface area contributed by atoms with E-state index in [1.807, 2.05) is 12.1 Å². The second-order valence-electron chi connectivity index (χ2n) is 5.90. The molecule has 4 heteroatoms. The maximum atomic E-state index is 10.6. The van der Waals surface area contributed by atoms with Crippen molar-refractivity contribution < 1.29 is 4.92 Å². The largest absolute Gasteiger partial charge is 0.317 e. The minimum atomic E-state index is -0.351. The summed E-state index contributed by atoms with van der Waals surface area (Å²) in [6.45, 7) is 4.45. The molecule has 0 aliphatic heterocycles. The first-order chi connectivity index (χ1) is 10.7. The monoisotopic (exact) mass is 306 g/mol. The average Bonchev–Trinajstić information content (AvgIpc) is 2.53. The van der Waals surface area contributed by atoms with E-state index in [2.05, 4.69) is 12.2 Å². The molecule has 0 aromatic heterocycles. The lowest BCUT2D eigenvalue weighted by Gasteiger charge is -2.05. The number of benzene rings is 1. The molecular weight excluding hydrogens is 276 g/mol. The van der Waals surface area contributed by atoms with Crippen LogP contribution in [0.3, 0.4) is 0 Å². The van der Waals surface area contributed by atoms with E-state index in [0.717, 1.165) is 32.4 Å². The first-order valence-corrected chi connectivity index (χ1v) is 8.68. The Balaban J connectivity index is 1.94. The standard InChI is InChI=1S/C18H30N2O2/c1-2-3-4-5-6-8-15-19-16-9-7-10-17-11-13-18(14-12-17)20(21)22/h11-14,19H,2-10,15-16H2,1H3. The van der Waals surface area contributed by atoms with E-state index in [-0.39, 0.29) is 10.6 Å². The highest BCUT2D eigenvalue weighted by molar-refractivity contribution is 5.32. The predicted molar refractivity (Wildman–Crippen MR) is 92.3 cm³/mol. The Morgan fingerprint density at radius 2 is 1.50 bits per heavy atom. The normalized spacial score (nSPS) is 10.8. The van der Waals surface area contributed by atoms with E-state index >= 15 is 0 Å². The highest BCUT2D eigenvalue weighted by Crippen LogP contribution is 2.13. The van der Waals surface area contributed by atoms with Gasteiger partial charge in [-0.05, 0) is 44.3 Å². The Morgan fingerprint density at radius 3 is 2.14 bits per heavy atom. The number of non-ortho nitro benzene ring substituents is 1. The Morgan fingerprint density at radius 1 is 0.909 bits per heavy atom. The number of unbranched alkanes of at least 4 members (excludes halogenated alkanes) is 6. The van der Waals surface area contributed by atoms with Gasteiger partial charge in [-0.2, -0.15) is 0 Å². The first kappa shape index (κ1) is 18.6.